The molecule has 2 rings (SSSR count). The van der Waals surface area contributed by atoms with Crippen LogP contribution in [-0.2, 0) is 9.47 Å². The van der Waals surface area contributed by atoms with Crippen LogP contribution in [0.2, 0.25) is 0 Å². The van der Waals surface area contributed by atoms with E-state index in [1.54, 1.807) is 24.3 Å². The number of carbonyl (C=O) groups is 3. The maximum Gasteiger partial charge on any atom is 0.338 e. The summed E-state index contributed by atoms with van der Waals surface area (Å²) >= 11 is 0. The molecule has 2 amide bonds. The highest BCUT2D eigenvalue weighted by atomic mass is 16.5. The zero-order chi connectivity index (χ0) is 23.3. The van der Waals surface area contributed by atoms with Gasteiger partial charge in [-0.3, -0.25) is 0 Å². The van der Waals surface area contributed by atoms with Crippen molar-refractivity contribution in [2.24, 2.45) is 0 Å². The van der Waals surface area contributed by atoms with E-state index < -0.39 is 18.0 Å². The molecule has 0 unspecified atom stereocenters. The third kappa shape index (κ3) is 7.80. The smallest absolute Gasteiger partial charge is 0.338 e. The second-order valence-corrected chi connectivity index (χ2v) is 7.08. The van der Waals surface area contributed by atoms with Crippen molar-refractivity contribution in [3.05, 3.63) is 59.2 Å². The van der Waals surface area contributed by atoms with Crippen LogP contribution in [0.4, 0.5) is 16.2 Å². The highest BCUT2D eigenvalue weighted by Crippen LogP contribution is 2.19. The van der Waals surface area contributed by atoms with Crippen molar-refractivity contribution in [3.63, 3.8) is 0 Å². The number of hydrogen-bond acceptors (Lipinski definition) is 5. The van der Waals surface area contributed by atoms with E-state index in [9.17, 15) is 14.4 Å². The fraction of sp³-hybridized carbons (Fsp3) is 0.320. The molecule has 0 aliphatic heterocycles. The Balaban J connectivity index is 2.20. The van der Waals surface area contributed by atoms with Crippen molar-refractivity contribution < 1.29 is 23.9 Å². The second-order valence-electron chi connectivity index (χ2n) is 7.08. The number of terminal acetylenes is 1. The van der Waals surface area contributed by atoms with Crippen LogP contribution in [0.15, 0.2) is 42.5 Å². The lowest BCUT2D eigenvalue weighted by atomic mass is 10.1. The predicted molar refractivity (Wildman–Crippen MR) is 124 cm³/mol. The summed E-state index contributed by atoms with van der Waals surface area (Å²) in [7, 11) is 0. The van der Waals surface area contributed by atoms with Crippen LogP contribution < -0.4 is 10.6 Å². The molecule has 0 aliphatic rings. The molecule has 7 nitrogen and oxygen atoms in total. The lowest BCUT2D eigenvalue weighted by molar-refractivity contribution is 0.0498. The number of ether oxygens (including phenoxy) is 2. The third-order valence-corrected chi connectivity index (χ3v) is 4.41. The first-order valence-electron chi connectivity index (χ1n) is 10.6. The zero-order valence-corrected chi connectivity index (χ0v) is 18.4. The molecular weight excluding hydrogens is 408 g/mol. The Labute approximate surface area is 188 Å². The van der Waals surface area contributed by atoms with Crippen molar-refractivity contribution >= 4 is 29.3 Å². The fourth-order valence-electron chi connectivity index (χ4n) is 2.70. The molecule has 7 heteroatoms. The summed E-state index contributed by atoms with van der Waals surface area (Å²) in [6.45, 7) is 4.52. The monoisotopic (exact) mass is 436 g/mol. The minimum Gasteiger partial charge on any atom is -0.462 e. The van der Waals surface area contributed by atoms with E-state index in [4.69, 9.17) is 15.9 Å². The van der Waals surface area contributed by atoms with Crippen molar-refractivity contribution in [2.45, 2.75) is 39.5 Å². The van der Waals surface area contributed by atoms with Crippen molar-refractivity contribution in [3.8, 4) is 12.3 Å². The Morgan fingerprint density at radius 2 is 1.41 bits per heavy atom. The quantitative estimate of drug-likeness (QED) is 0.302. The van der Waals surface area contributed by atoms with Gasteiger partial charge in [-0.1, -0.05) is 38.7 Å². The Morgan fingerprint density at radius 3 is 1.94 bits per heavy atom. The molecule has 0 saturated carbocycles. The minimum atomic E-state index is -0.577. The molecule has 0 spiro atoms. The number of carbonyl (C=O) groups excluding carboxylic acids is 3. The lowest BCUT2D eigenvalue weighted by Gasteiger charge is -2.12. The van der Waals surface area contributed by atoms with Crippen LogP contribution >= 0.6 is 0 Å². The number of unbranched alkanes of at least 4 members (excludes halogenated alkanes) is 2. The number of benzene rings is 2. The Kier molecular flexibility index (Phi) is 9.79. The van der Waals surface area contributed by atoms with Crippen LogP contribution in [0.25, 0.3) is 0 Å². The highest BCUT2D eigenvalue weighted by molar-refractivity contribution is 6.03. The van der Waals surface area contributed by atoms with Crippen molar-refractivity contribution in [1.29, 1.82) is 0 Å². The molecule has 2 N–H and O–H groups in total. The van der Waals surface area contributed by atoms with Gasteiger partial charge in [0.2, 0.25) is 0 Å². The molecule has 32 heavy (non-hydrogen) atoms. The molecule has 0 radical (unpaired) electrons. The van der Waals surface area contributed by atoms with E-state index in [2.05, 4.69) is 16.6 Å². The fourth-order valence-corrected chi connectivity index (χ4v) is 2.70. The molecule has 0 aliphatic carbocycles. The molecule has 0 saturated heterocycles. The van der Waals surface area contributed by atoms with Gasteiger partial charge in [0.15, 0.2) is 0 Å². The molecule has 2 aromatic carbocycles. The number of esters is 2. The minimum absolute atomic E-state index is 0.149. The molecule has 0 atom stereocenters. The van der Waals surface area contributed by atoms with Crippen LogP contribution in [-0.4, -0.2) is 31.2 Å². The first-order chi connectivity index (χ1) is 15.5. The maximum absolute atomic E-state index is 12.5. The second kappa shape index (κ2) is 12.8. The molecular formula is C25H28N2O5. The Bertz CT molecular complexity index is 954. The first kappa shape index (κ1) is 24.5. The molecule has 0 fully saturated rings. The summed E-state index contributed by atoms with van der Waals surface area (Å²) in [5.41, 5.74) is 1.68. The zero-order valence-electron chi connectivity index (χ0n) is 18.4. The van der Waals surface area contributed by atoms with Gasteiger partial charge in [0, 0.05) is 16.9 Å². The topological polar surface area (TPSA) is 93.7 Å². The van der Waals surface area contributed by atoms with E-state index in [0.717, 1.165) is 25.7 Å². The van der Waals surface area contributed by atoms with Gasteiger partial charge in [-0.15, -0.1) is 6.42 Å². The SMILES string of the molecule is C#Cc1cccc(NC(=O)Nc2cc(C(=O)OCCCC)cc(C(=O)OCCCC)c2)c1. The average Bonchev–Trinajstić information content (AvgIpc) is 2.79. The van der Waals surface area contributed by atoms with Gasteiger partial charge in [0.1, 0.15) is 0 Å². The van der Waals surface area contributed by atoms with Crippen molar-refractivity contribution in [2.75, 3.05) is 23.8 Å². The van der Waals surface area contributed by atoms with Gasteiger partial charge in [0.05, 0.1) is 24.3 Å². The van der Waals surface area contributed by atoms with Crippen LogP contribution in [0.5, 0.6) is 0 Å². The normalized spacial score (nSPS) is 10.0. The number of anilines is 2. The number of urea groups is 1. The summed E-state index contributed by atoms with van der Waals surface area (Å²) in [6, 6.07) is 10.6. The van der Waals surface area contributed by atoms with Crippen LogP contribution in [0.1, 0.15) is 65.8 Å². The molecule has 0 bridgehead atoms. The summed E-state index contributed by atoms with van der Waals surface area (Å²) in [6.07, 6.45) is 8.61. The molecule has 0 heterocycles. The number of hydrogen-bond donors (Lipinski definition) is 2. The van der Waals surface area contributed by atoms with E-state index in [1.165, 1.54) is 18.2 Å². The van der Waals surface area contributed by atoms with Gasteiger partial charge in [0.25, 0.3) is 0 Å². The van der Waals surface area contributed by atoms with Crippen LogP contribution in [0, 0.1) is 12.3 Å². The van der Waals surface area contributed by atoms with Gasteiger partial charge in [-0.2, -0.15) is 0 Å². The standard InChI is InChI=1S/C25H28N2O5/c1-4-7-12-31-23(28)19-15-20(24(29)32-13-8-5-2)17-22(16-19)27-25(30)26-21-11-9-10-18(6-3)14-21/h3,9-11,14-17H,4-5,7-8,12-13H2,1-2H3,(H2,26,27,30). The molecule has 2 aromatic rings. The third-order valence-electron chi connectivity index (χ3n) is 4.41. The number of rotatable bonds is 10. The first-order valence-corrected chi connectivity index (χ1v) is 10.6. The van der Waals surface area contributed by atoms with Gasteiger partial charge in [-0.25, -0.2) is 14.4 Å². The predicted octanol–water partition coefficient (Wildman–Crippen LogP) is 5.23. The van der Waals surface area contributed by atoms with Gasteiger partial charge in [-0.05, 0) is 49.2 Å². The summed E-state index contributed by atoms with van der Waals surface area (Å²) in [5.74, 6) is 1.34. The largest absolute Gasteiger partial charge is 0.462 e. The van der Waals surface area contributed by atoms with Crippen molar-refractivity contribution in [1.82, 2.24) is 0 Å². The summed E-state index contributed by atoms with van der Waals surface area (Å²) in [4.78, 5) is 37.3. The van der Waals surface area contributed by atoms with E-state index >= 15 is 0 Å². The maximum atomic E-state index is 12.5. The van der Waals surface area contributed by atoms with E-state index in [-0.39, 0.29) is 30.0 Å². The van der Waals surface area contributed by atoms with E-state index in [0.29, 0.717) is 11.3 Å². The van der Waals surface area contributed by atoms with Gasteiger partial charge >= 0.3 is 18.0 Å². The number of amides is 2. The van der Waals surface area contributed by atoms with Crippen LogP contribution in [0.3, 0.4) is 0 Å². The van der Waals surface area contributed by atoms with Gasteiger partial charge < -0.3 is 20.1 Å². The molecule has 0 aromatic heterocycles. The van der Waals surface area contributed by atoms with E-state index in [1.807, 2.05) is 13.8 Å². The molecule has 168 valence electrons. The Morgan fingerprint density at radius 1 is 0.844 bits per heavy atom. The summed E-state index contributed by atoms with van der Waals surface area (Å²) in [5, 5.41) is 5.30. The highest BCUT2D eigenvalue weighted by Gasteiger charge is 2.16. The Hall–Kier alpha value is -3.79. The lowest BCUT2D eigenvalue weighted by Crippen LogP contribution is -2.20. The summed E-state index contributed by atoms with van der Waals surface area (Å²) < 4.78 is 10.5. The average molecular weight is 437 g/mol. The number of nitrogens with one attached hydrogen (secondary N) is 2.